The molecule has 0 radical (unpaired) electrons. The van der Waals surface area contributed by atoms with Crippen LogP contribution in [0.1, 0.15) is 12.5 Å². The third-order valence-electron chi connectivity index (χ3n) is 3.35. The van der Waals surface area contributed by atoms with Gasteiger partial charge in [-0.3, -0.25) is 4.79 Å². The van der Waals surface area contributed by atoms with Crippen LogP contribution >= 0.6 is 12.6 Å². The first kappa shape index (κ1) is 15.5. The summed E-state index contributed by atoms with van der Waals surface area (Å²) in [5.41, 5.74) is 1.77. The van der Waals surface area contributed by atoms with Gasteiger partial charge in [0, 0.05) is 6.54 Å². The van der Waals surface area contributed by atoms with Crippen molar-refractivity contribution in [1.82, 2.24) is 10.6 Å². The SMILES string of the molecule is COc1ccc(CCNC(=O)C2=CC=CNC2(C)S)cc1. The topological polar surface area (TPSA) is 50.4 Å². The van der Waals surface area contributed by atoms with Crippen LogP contribution in [-0.4, -0.2) is 24.4 Å². The number of hydrogen-bond donors (Lipinski definition) is 3. The van der Waals surface area contributed by atoms with Crippen molar-refractivity contribution in [2.45, 2.75) is 18.2 Å². The lowest BCUT2D eigenvalue weighted by atomic mass is 10.0. The fraction of sp³-hybridized carbons (Fsp3) is 0.312. The fourth-order valence-electron chi connectivity index (χ4n) is 2.10. The molecule has 5 heteroatoms. The van der Waals surface area contributed by atoms with Gasteiger partial charge in [-0.05, 0) is 49.4 Å². The number of allylic oxidation sites excluding steroid dienone is 2. The molecule has 0 fully saturated rings. The molecule has 112 valence electrons. The van der Waals surface area contributed by atoms with Crippen LogP contribution in [0.15, 0.2) is 48.2 Å². The average Bonchev–Trinajstić information content (AvgIpc) is 2.47. The van der Waals surface area contributed by atoms with Crippen LogP contribution in [0.2, 0.25) is 0 Å². The van der Waals surface area contributed by atoms with Crippen LogP contribution in [0.25, 0.3) is 0 Å². The highest BCUT2D eigenvalue weighted by molar-refractivity contribution is 7.82. The van der Waals surface area contributed by atoms with Gasteiger partial charge < -0.3 is 15.4 Å². The van der Waals surface area contributed by atoms with Crippen molar-refractivity contribution >= 4 is 18.5 Å². The van der Waals surface area contributed by atoms with Crippen molar-refractivity contribution in [3.63, 3.8) is 0 Å². The van der Waals surface area contributed by atoms with Crippen molar-refractivity contribution < 1.29 is 9.53 Å². The molecular formula is C16H20N2O2S. The Kier molecular flexibility index (Phi) is 4.96. The van der Waals surface area contributed by atoms with Crippen LogP contribution < -0.4 is 15.4 Å². The first-order chi connectivity index (χ1) is 10.0. The summed E-state index contributed by atoms with van der Waals surface area (Å²) in [6.45, 7) is 2.44. The minimum absolute atomic E-state index is 0.0992. The number of hydrogen-bond acceptors (Lipinski definition) is 4. The Morgan fingerprint density at radius 2 is 2.10 bits per heavy atom. The van der Waals surface area contributed by atoms with E-state index in [1.165, 1.54) is 0 Å². The molecule has 0 saturated heterocycles. The van der Waals surface area contributed by atoms with E-state index in [-0.39, 0.29) is 5.91 Å². The molecule has 21 heavy (non-hydrogen) atoms. The van der Waals surface area contributed by atoms with Crippen LogP contribution in [0.4, 0.5) is 0 Å². The molecule has 1 atom stereocenters. The zero-order chi connectivity index (χ0) is 15.3. The van der Waals surface area contributed by atoms with Gasteiger partial charge >= 0.3 is 0 Å². The summed E-state index contributed by atoms with van der Waals surface area (Å²) in [4.78, 5) is 11.5. The van der Waals surface area contributed by atoms with Gasteiger partial charge in [0.2, 0.25) is 5.91 Å². The lowest BCUT2D eigenvalue weighted by molar-refractivity contribution is -0.117. The van der Waals surface area contributed by atoms with Gasteiger partial charge in [0.05, 0.1) is 12.7 Å². The lowest BCUT2D eigenvalue weighted by Gasteiger charge is -2.29. The Balaban J connectivity index is 1.86. The molecule has 0 aliphatic carbocycles. The molecule has 1 heterocycles. The molecule has 0 bridgehead atoms. The molecule has 1 amide bonds. The van der Waals surface area contributed by atoms with Crippen LogP contribution in [0, 0.1) is 0 Å². The Morgan fingerprint density at radius 3 is 2.71 bits per heavy atom. The molecular weight excluding hydrogens is 284 g/mol. The largest absolute Gasteiger partial charge is 0.497 e. The van der Waals surface area contributed by atoms with Gasteiger partial charge in [-0.1, -0.05) is 12.1 Å². The van der Waals surface area contributed by atoms with E-state index in [0.29, 0.717) is 12.1 Å². The van der Waals surface area contributed by atoms with Crippen LogP contribution in [0.5, 0.6) is 5.75 Å². The third-order valence-corrected chi connectivity index (χ3v) is 3.72. The molecule has 1 aliphatic rings. The zero-order valence-corrected chi connectivity index (χ0v) is 13.1. The van der Waals surface area contributed by atoms with E-state index < -0.39 is 4.87 Å². The van der Waals surface area contributed by atoms with Gasteiger partial charge in [0.1, 0.15) is 10.6 Å². The Bertz CT molecular complexity index is 562. The summed E-state index contributed by atoms with van der Waals surface area (Å²) < 4.78 is 5.12. The van der Waals surface area contributed by atoms with E-state index >= 15 is 0 Å². The van der Waals surface area contributed by atoms with Gasteiger partial charge in [0.15, 0.2) is 0 Å². The summed E-state index contributed by atoms with van der Waals surface area (Å²) in [6, 6.07) is 7.83. The highest BCUT2D eigenvalue weighted by atomic mass is 32.1. The average molecular weight is 304 g/mol. The molecule has 2 rings (SSSR count). The second-order valence-corrected chi connectivity index (χ2v) is 5.90. The monoisotopic (exact) mass is 304 g/mol. The van der Waals surface area contributed by atoms with E-state index in [4.69, 9.17) is 4.74 Å². The summed E-state index contributed by atoms with van der Waals surface area (Å²) >= 11 is 4.46. The number of thiol groups is 1. The fourth-order valence-corrected chi connectivity index (χ4v) is 2.35. The van der Waals surface area contributed by atoms with E-state index in [9.17, 15) is 4.79 Å². The second-order valence-electron chi connectivity index (χ2n) is 5.01. The number of dihydropyridines is 1. The van der Waals surface area contributed by atoms with Crippen molar-refractivity contribution in [1.29, 1.82) is 0 Å². The van der Waals surface area contributed by atoms with Gasteiger partial charge in [-0.25, -0.2) is 0 Å². The molecule has 0 aromatic heterocycles. The zero-order valence-electron chi connectivity index (χ0n) is 12.2. The minimum atomic E-state index is -0.640. The smallest absolute Gasteiger partial charge is 0.250 e. The minimum Gasteiger partial charge on any atom is -0.497 e. The maximum Gasteiger partial charge on any atom is 0.250 e. The number of carbonyl (C=O) groups excluding carboxylic acids is 1. The Labute approximate surface area is 130 Å². The third kappa shape index (κ3) is 4.04. The van der Waals surface area contributed by atoms with Crippen molar-refractivity contribution in [3.8, 4) is 5.75 Å². The molecule has 2 N–H and O–H groups in total. The Hall–Kier alpha value is -1.88. The van der Waals surface area contributed by atoms with E-state index in [1.807, 2.05) is 31.2 Å². The molecule has 1 aromatic rings. The number of methoxy groups -OCH3 is 1. The molecule has 1 aliphatic heterocycles. The van der Waals surface area contributed by atoms with E-state index in [0.717, 1.165) is 17.7 Å². The first-order valence-corrected chi connectivity index (χ1v) is 7.26. The maximum absolute atomic E-state index is 12.2. The Morgan fingerprint density at radius 1 is 1.38 bits per heavy atom. The number of benzene rings is 1. The lowest BCUT2D eigenvalue weighted by Crippen LogP contribution is -2.43. The maximum atomic E-state index is 12.2. The van der Waals surface area contributed by atoms with Crippen molar-refractivity contribution in [2.75, 3.05) is 13.7 Å². The van der Waals surface area contributed by atoms with Gasteiger partial charge in [0.25, 0.3) is 0 Å². The highest BCUT2D eigenvalue weighted by Gasteiger charge is 2.29. The van der Waals surface area contributed by atoms with Gasteiger partial charge in [-0.15, -0.1) is 12.6 Å². The second kappa shape index (κ2) is 6.72. The van der Waals surface area contributed by atoms with Gasteiger partial charge in [-0.2, -0.15) is 0 Å². The highest BCUT2D eigenvalue weighted by Crippen LogP contribution is 2.23. The predicted octanol–water partition coefficient (Wildman–Crippen LogP) is 2.04. The number of nitrogens with one attached hydrogen (secondary N) is 2. The summed E-state index contributed by atoms with van der Waals surface area (Å²) in [6.07, 6.45) is 6.14. The standard InChI is InChI=1S/C16H20N2O2S/c1-16(21)14(4-3-10-18-16)15(19)17-11-9-12-5-7-13(20-2)8-6-12/h3-8,10,18,21H,9,11H2,1-2H3,(H,17,19). The summed E-state index contributed by atoms with van der Waals surface area (Å²) in [7, 11) is 1.64. The molecule has 0 saturated carbocycles. The summed E-state index contributed by atoms with van der Waals surface area (Å²) in [5, 5.41) is 5.97. The van der Waals surface area contributed by atoms with Crippen molar-refractivity contribution in [2.24, 2.45) is 0 Å². The molecule has 1 aromatic carbocycles. The van der Waals surface area contributed by atoms with Crippen molar-refractivity contribution in [3.05, 3.63) is 53.8 Å². The normalized spacial score (nSPS) is 20.4. The van der Waals surface area contributed by atoms with E-state index in [1.54, 1.807) is 25.5 Å². The predicted molar refractivity (Wildman–Crippen MR) is 87.5 cm³/mol. The molecule has 1 unspecified atom stereocenters. The molecule has 4 nitrogen and oxygen atoms in total. The number of carbonyl (C=O) groups is 1. The van der Waals surface area contributed by atoms with E-state index in [2.05, 4.69) is 23.3 Å². The number of rotatable bonds is 5. The first-order valence-electron chi connectivity index (χ1n) is 6.81. The van der Waals surface area contributed by atoms with Crippen LogP contribution in [0.3, 0.4) is 0 Å². The number of amides is 1. The van der Waals surface area contributed by atoms with Crippen LogP contribution in [-0.2, 0) is 11.2 Å². The molecule has 0 spiro atoms. The summed E-state index contributed by atoms with van der Waals surface area (Å²) in [5.74, 6) is 0.733. The quantitative estimate of drug-likeness (QED) is 0.730. The number of ether oxygens (including phenoxy) is 1.